The highest BCUT2D eigenvalue weighted by molar-refractivity contribution is 5.80. The second-order valence-corrected chi connectivity index (χ2v) is 5.53. The zero-order chi connectivity index (χ0) is 9.05. The molecule has 4 fully saturated rings. The first-order valence-electron chi connectivity index (χ1n) is 5.44. The summed E-state index contributed by atoms with van der Waals surface area (Å²) in [5.41, 5.74) is 7.24. The molecule has 0 aliphatic heterocycles. The average Bonchev–Trinajstić information content (AvgIpc) is 2.00. The van der Waals surface area contributed by atoms with Crippen LogP contribution in [-0.4, -0.2) is 5.91 Å². The molecule has 1 radical (unpaired) electrons. The Balaban J connectivity index is 1.95. The van der Waals surface area contributed by atoms with Gasteiger partial charge in [-0.1, -0.05) is 0 Å². The molecule has 2 nitrogen and oxygen atoms in total. The molecule has 1 N–H and O–H groups in total. The highest BCUT2D eigenvalue weighted by atomic mass is 16.1. The van der Waals surface area contributed by atoms with E-state index in [4.69, 9.17) is 5.73 Å². The summed E-state index contributed by atoms with van der Waals surface area (Å²) in [5, 5.41) is 0. The molecule has 0 aromatic carbocycles. The van der Waals surface area contributed by atoms with E-state index in [1.165, 1.54) is 19.3 Å². The summed E-state index contributed by atoms with van der Waals surface area (Å²) in [6.45, 7) is 0. The Morgan fingerprint density at radius 3 is 1.69 bits per heavy atom. The highest BCUT2D eigenvalue weighted by Crippen LogP contribution is 2.59. The minimum Gasteiger partial charge on any atom is -0.273 e. The van der Waals surface area contributed by atoms with Crippen molar-refractivity contribution in [3.05, 3.63) is 0 Å². The van der Waals surface area contributed by atoms with Crippen LogP contribution in [0.1, 0.15) is 38.5 Å². The largest absolute Gasteiger partial charge is 0.273 e. The molecule has 0 aromatic rings. The number of carbonyl (C=O) groups excluding carboxylic acids is 1. The van der Waals surface area contributed by atoms with Crippen molar-refractivity contribution in [3.8, 4) is 0 Å². The Morgan fingerprint density at radius 2 is 1.38 bits per heavy atom. The smallest absolute Gasteiger partial charge is 0.244 e. The lowest BCUT2D eigenvalue weighted by atomic mass is 9.49. The number of amides is 1. The molecular formula is C11H16NO. The lowest BCUT2D eigenvalue weighted by molar-refractivity contribution is -0.143. The number of nitrogens with one attached hydrogen (secondary N) is 1. The molecule has 4 saturated carbocycles. The molecule has 0 spiro atoms. The van der Waals surface area contributed by atoms with Gasteiger partial charge in [-0.05, 0) is 56.3 Å². The van der Waals surface area contributed by atoms with Crippen LogP contribution >= 0.6 is 0 Å². The fraction of sp³-hybridized carbons (Fsp3) is 0.909. The molecule has 0 unspecified atom stereocenters. The first-order chi connectivity index (χ1) is 6.18. The summed E-state index contributed by atoms with van der Waals surface area (Å²) in [5.74, 6) is 2.12. The fourth-order valence-corrected chi connectivity index (χ4v) is 4.39. The van der Waals surface area contributed by atoms with Crippen LogP contribution in [0.15, 0.2) is 0 Å². The lowest BCUT2D eigenvalue weighted by Gasteiger charge is -2.55. The van der Waals surface area contributed by atoms with Crippen molar-refractivity contribution in [2.75, 3.05) is 0 Å². The maximum absolute atomic E-state index is 11.4. The molecule has 0 saturated heterocycles. The fourth-order valence-electron chi connectivity index (χ4n) is 4.39. The average molecular weight is 178 g/mol. The normalized spacial score (nSPS) is 52.5. The Morgan fingerprint density at radius 1 is 1.00 bits per heavy atom. The van der Waals surface area contributed by atoms with Gasteiger partial charge in [-0.3, -0.25) is 10.5 Å². The van der Waals surface area contributed by atoms with Gasteiger partial charge in [0, 0.05) is 0 Å². The van der Waals surface area contributed by atoms with Crippen LogP contribution in [0.3, 0.4) is 0 Å². The minimum absolute atomic E-state index is 0.172. The molecule has 4 bridgehead atoms. The molecule has 4 aliphatic carbocycles. The molecule has 4 rings (SSSR count). The van der Waals surface area contributed by atoms with E-state index in [1.807, 2.05) is 0 Å². The van der Waals surface area contributed by atoms with E-state index >= 15 is 0 Å². The summed E-state index contributed by atoms with van der Waals surface area (Å²) >= 11 is 0. The van der Waals surface area contributed by atoms with Crippen molar-refractivity contribution in [1.29, 1.82) is 0 Å². The summed E-state index contributed by atoms with van der Waals surface area (Å²) in [6.07, 6.45) is 7.19. The molecule has 13 heavy (non-hydrogen) atoms. The van der Waals surface area contributed by atoms with E-state index in [-0.39, 0.29) is 11.3 Å². The predicted octanol–water partition coefficient (Wildman–Crippen LogP) is 2.01. The summed E-state index contributed by atoms with van der Waals surface area (Å²) < 4.78 is 0. The second-order valence-electron chi connectivity index (χ2n) is 5.53. The number of carbonyl (C=O) groups is 1. The summed E-state index contributed by atoms with van der Waals surface area (Å²) in [7, 11) is 0. The van der Waals surface area contributed by atoms with Crippen molar-refractivity contribution < 1.29 is 4.79 Å². The third-order valence-electron chi connectivity index (χ3n) is 4.52. The first kappa shape index (κ1) is 7.84. The topological polar surface area (TPSA) is 40.9 Å². The van der Waals surface area contributed by atoms with Gasteiger partial charge in [0.25, 0.3) is 0 Å². The molecule has 0 heterocycles. The Hall–Kier alpha value is -0.530. The minimum atomic E-state index is -0.258. The van der Waals surface area contributed by atoms with Crippen LogP contribution in [0, 0.1) is 23.2 Å². The number of rotatable bonds is 1. The van der Waals surface area contributed by atoms with E-state index in [2.05, 4.69) is 0 Å². The SMILES string of the molecule is [NH]C(=O)C12CC3CC(CC(C3)C1)C2. The van der Waals surface area contributed by atoms with Gasteiger partial charge >= 0.3 is 0 Å². The standard InChI is InChI=1S/C11H16NO/c12-10(13)11-4-7-1-8(5-11)3-9(2-7)6-11/h7-9,12H,1-6H2. The third-order valence-corrected chi connectivity index (χ3v) is 4.52. The third kappa shape index (κ3) is 0.976. The van der Waals surface area contributed by atoms with E-state index in [0.717, 1.165) is 37.0 Å². The van der Waals surface area contributed by atoms with Crippen molar-refractivity contribution in [2.24, 2.45) is 23.2 Å². The van der Waals surface area contributed by atoms with Gasteiger partial charge in [0.1, 0.15) is 0 Å². The first-order valence-corrected chi connectivity index (χ1v) is 5.44. The van der Waals surface area contributed by atoms with Crippen molar-refractivity contribution in [2.45, 2.75) is 38.5 Å². The number of hydrogen-bond donors (Lipinski definition) is 0. The van der Waals surface area contributed by atoms with Crippen LogP contribution in [-0.2, 0) is 4.79 Å². The summed E-state index contributed by atoms with van der Waals surface area (Å²) in [4.78, 5) is 11.4. The maximum atomic E-state index is 11.4. The quantitative estimate of drug-likeness (QED) is 0.605. The van der Waals surface area contributed by atoms with Crippen molar-refractivity contribution >= 4 is 5.91 Å². The molecule has 2 heteroatoms. The highest BCUT2D eigenvalue weighted by Gasteiger charge is 2.54. The Labute approximate surface area is 78.9 Å². The van der Waals surface area contributed by atoms with Crippen molar-refractivity contribution in [1.82, 2.24) is 5.73 Å². The van der Waals surface area contributed by atoms with Crippen LogP contribution in [0.5, 0.6) is 0 Å². The second kappa shape index (κ2) is 2.28. The van der Waals surface area contributed by atoms with Crippen LogP contribution < -0.4 is 5.73 Å². The van der Waals surface area contributed by atoms with Gasteiger partial charge in [-0.2, -0.15) is 0 Å². The molecule has 71 valence electrons. The van der Waals surface area contributed by atoms with E-state index in [9.17, 15) is 4.79 Å². The zero-order valence-corrected chi connectivity index (χ0v) is 7.88. The lowest BCUT2D eigenvalue weighted by Crippen LogP contribution is -2.50. The van der Waals surface area contributed by atoms with E-state index in [0.29, 0.717) is 0 Å². The molecule has 4 aliphatic rings. The molecule has 0 atom stereocenters. The van der Waals surface area contributed by atoms with Gasteiger partial charge < -0.3 is 0 Å². The van der Waals surface area contributed by atoms with E-state index < -0.39 is 0 Å². The molecule has 1 amide bonds. The predicted molar refractivity (Wildman–Crippen MR) is 48.7 cm³/mol. The van der Waals surface area contributed by atoms with Crippen LogP contribution in [0.25, 0.3) is 0 Å². The van der Waals surface area contributed by atoms with Gasteiger partial charge in [0.15, 0.2) is 0 Å². The van der Waals surface area contributed by atoms with E-state index in [1.54, 1.807) is 0 Å². The van der Waals surface area contributed by atoms with Gasteiger partial charge in [0.05, 0.1) is 5.41 Å². The van der Waals surface area contributed by atoms with Gasteiger partial charge in [-0.25, -0.2) is 0 Å². The van der Waals surface area contributed by atoms with Crippen molar-refractivity contribution in [3.63, 3.8) is 0 Å². The molecular weight excluding hydrogens is 162 g/mol. The van der Waals surface area contributed by atoms with Gasteiger partial charge in [0.2, 0.25) is 5.91 Å². The van der Waals surface area contributed by atoms with Crippen LogP contribution in [0.4, 0.5) is 0 Å². The Bertz CT molecular complexity index is 224. The zero-order valence-electron chi connectivity index (χ0n) is 7.88. The summed E-state index contributed by atoms with van der Waals surface area (Å²) in [6, 6.07) is 0. The maximum Gasteiger partial charge on any atom is 0.244 e. The monoisotopic (exact) mass is 178 g/mol. The van der Waals surface area contributed by atoms with Crippen LogP contribution in [0.2, 0.25) is 0 Å². The molecule has 0 aromatic heterocycles. The number of hydrogen-bond acceptors (Lipinski definition) is 1. The Kier molecular flexibility index (Phi) is 1.38. The van der Waals surface area contributed by atoms with Gasteiger partial charge in [-0.15, -0.1) is 0 Å².